The predicted octanol–water partition coefficient (Wildman–Crippen LogP) is 1.88. The second-order valence-electron chi connectivity index (χ2n) is 5.10. The average molecular weight is 268 g/mol. The molecule has 0 aromatic heterocycles. The maximum atomic E-state index is 11.9. The maximum absolute atomic E-state index is 11.9. The van der Waals surface area contributed by atoms with Crippen LogP contribution in [0.25, 0.3) is 0 Å². The number of aryl methyl sites for hydroxylation is 1. The summed E-state index contributed by atoms with van der Waals surface area (Å²) in [5, 5.41) is 0. The van der Waals surface area contributed by atoms with Crippen molar-refractivity contribution < 1.29 is 17.3 Å². The molecule has 1 aliphatic carbocycles. The summed E-state index contributed by atoms with van der Waals surface area (Å²) in [5.74, 6) is 0.314. The van der Waals surface area contributed by atoms with Crippen molar-refractivity contribution in [2.45, 2.75) is 36.9 Å². The fourth-order valence-electron chi connectivity index (χ4n) is 2.44. The highest BCUT2D eigenvalue weighted by Crippen LogP contribution is 2.42. The van der Waals surface area contributed by atoms with Gasteiger partial charge in [0.2, 0.25) is 0 Å². The third-order valence-corrected chi connectivity index (χ3v) is 4.88. The summed E-state index contributed by atoms with van der Waals surface area (Å²) in [5.41, 5.74) is 1.03. The highest BCUT2D eigenvalue weighted by molar-refractivity contribution is 7.86. The normalized spacial score (nSPS) is 30.2. The van der Waals surface area contributed by atoms with Crippen LogP contribution in [0.3, 0.4) is 0 Å². The van der Waals surface area contributed by atoms with Crippen molar-refractivity contribution >= 4 is 10.1 Å². The van der Waals surface area contributed by atoms with Crippen LogP contribution < -0.4 is 0 Å². The van der Waals surface area contributed by atoms with Gasteiger partial charge < -0.3 is 4.74 Å². The van der Waals surface area contributed by atoms with Gasteiger partial charge >= 0.3 is 0 Å². The van der Waals surface area contributed by atoms with E-state index in [4.69, 9.17) is 8.92 Å². The first kappa shape index (κ1) is 12.1. The second kappa shape index (κ2) is 4.33. The molecule has 1 aromatic carbocycles. The van der Waals surface area contributed by atoms with Crippen molar-refractivity contribution in [2.24, 2.45) is 5.92 Å². The highest BCUT2D eigenvalue weighted by atomic mass is 32.2. The first-order valence-electron chi connectivity index (χ1n) is 6.16. The monoisotopic (exact) mass is 268 g/mol. The molecule has 98 valence electrons. The largest absolute Gasteiger partial charge is 0.370 e. The number of fused-ring (bicyclic) bond motifs is 1. The Morgan fingerprint density at radius 3 is 2.44 bits per heavy atom. The molecule has 0 N–H and O–H groups in total. The Hall–Kier alpha value is -0.910. The van der Waals surface area contributed by atoms with E-state index in [0.717, 1.165) is 18.4 Å². The molecule has 18 heavy (non-hydrogen) atoms. The van der Waals surface area contributed by atoms with E-state index >= 15 is 0 Å². The minimum Gasteiger partial charge on any atom is -0.370 e. The van der Waals surface area contributed by atoms with Crippen molar-refractivity contribution in [1.82, 2.24) is 0 Å². The van der Waals surface area contributed by atoms with Crippen molar-refractivity contribution in [3.8, 4) is 0 Å². The number of rotatable bonds is 4. The highest BCUT2D eigenvalue weighted by Gasteiger charge is 2.48. The molecule has 0 radical (unpaired) electrons. The molecular formula is C13H16O4S. The summed E-state index contributed by atoms with van der Waals surface area (Å²) >= 11 is 0. The first-order chi connectivity index (χ1) is 8.54. The zero-order chi connectivity index (χ0) is 12.8. The van der Waals surface area contributed by atoms with E-state index in [1.54, 1.807) is 24.3 Å². The molecule has 3 atom stereocenters. The average Bonchev–Trinajstić information content (AvgIpc) is 2.95. The number of hydrogen-bond donors (Lipinski definition) is 0. The van der Waals surface area contributed by atoms with E-state index in [1.165, 1.54) is 0 Å². The Bertz CT molecular complexity index is 525. The minimum absolute atomic E-state index is 0.229. The van der Waals surface area contributed by atoms with Gasteiger partial charge in [-0.1, -0.05) is 17.7 Å². The molecule has 1 heterocycles. The van der Waals surface area contributed by atoms with Crippen LogP contribution in [0.4, 0.5) is 0 Å². The summed E-state index contributed by atoms with van der Waals surface area (Å²) in [6.45, 7) is 2.19. The van der Waals surface area contributed by atoms with Crippen molar-refractivity contribution in [3.05, 3.63) is 29.8 Å². The third-order valence-electron chi connectivity index (χ3n) is 3.59. The summed E-state index contributed by atoms with van der Waals surface area (Å²) in [7, 11) is -3.61. The first-order valence-corrected chi connectivity index (χ1v) is 7.57. The predicted molar refractivity (Wildman–Crippen MR) is 65.7 cm³/mol. The lowest BCUT2D eigenvalue weighted by molar-refractivity contribution is 0.200. The van der Waals surface area contributed by atoms with Crippen LogP contribution in [0, 0.1) is 12.8 Å². The summed E-state index contributed by atoms with van der Waals surface area (Å²) < 4.78 is 34.3. The van der Waals surface area contributed by atoms with Gasteiger partial charge in [0.05, 0.1) is 23.7 Å². The molecule has 1 saturated carbocycles. The lowest BCUT2D eigenvalue weighted by Crippen LogP contribution is -2.14. The van der Waals surface area contributed by atoms with Crippen LogP contribution in [0.2, 0.25) is 0 Å². The Labute approximate surface area is 107 Å². The zero-order valence-electron chi connectivity index (χ0n) is 10.2. The van der Waals surface area contributed by atoms with Gasteiger partial charge in [-0.15, -0.1) is 0 Å². The lowest BCUT2D eigenvalue weighted by atomic mass is 10.1. The summed E-state index contributed by atoms with van der Waals surface area (Å²) in [6.07, 6.45) is 2.57. The Morgan fingerprint density at radius 1 is 1.22 bits per heavy atom. The molecule has 5 heteroatoms. The van der Waals surface area contributed by atoms with Crippen LogP contribution in [-0.4, -0.2) is 27.2 Å². The molecule has 3 rings (SSSR count). The van der Waals surface area contributed by atoms with Gasteiger partial charge in [0.15, 0.2) is 0 Å². The van der Waals surface area contributed by atoms with E-state index in [-0.39, 0.29) is 11.5 Å². The molecule has 2 fully saturated rings. The van der Waals surface area contributed by atoms with E-state index in [9.17, 15) is 8.42 Å². The molecule has 1 aromatic rings. The van der Waals surface area contributed by atoms with Gasteiger partial charge in [-0.05, 0) is 37.8 Å². The van der Waals surface area contributed by atoms with Crippen LogP contribution in [-0.2, 0) is 19.0 Å². The number of benzene rings is 1. The number of hydrogen-bond acceptors (Lipinski definition) is 4. The van der Waals surface area contributed by atoms with Gasteiger partial charge in [-0.3, -0.25) is 4.18 Å². The Balaban J connectivity index is 1.61. The van der Waals surface area contributed by atoms with Crippen LogP contribution in [0.15, 0.2) is 29.2 Å². The SMILES string of the molecule is Cc1ccc(S(=O)(=O)OCC2C[C@@H]3O[C@@H]3C2)cc1. The number of epoxide rings is 1. The third kappa shape index (κ3) is 2.43. The fraction of sp³-hybridized carbons (Fsp3) is 0.538. The van der Waals surface area contributed by atoms with Gasteiger partial charge in [0.25, 0.3) is 10.1 Å². The second-order valence-corrected chi connectivity index (χ2v) is 6.72. The quantitative estimate of drug-likeness (QED) is 0.618. The Kier molecular flexibility index (Phi) is 2.92. The lowest BCUT2D eigenvalue weighted by Gasteiger charge is -2.11. The van der Waals surface area contributed by atoms with Gasteiger partial charge in [-0.2, -0.15) is 8.42 Å². The zero-order valence-corrected chi connectivity index (χ0v) is 11.0. The van der Waals surface area contributed by atoms with Crippen molar-refractivity contribution in [1.29, 1.82) is 0 Å². The van der Waals surface area contributed by atoms with Gasteiger partial charge in [-0.25, -0.2) is 0 Å². The van der Waals surface area contributed by atoms with Crippen LogP contribution in [0.1, 0.15) is 18.4 Å². The summed E-state index contributed by atoms with van der Waals surface area (Å²) in [6, 6.07) is 6.71. The fourth-order valence-corrected chi connectivity index (χ4v) is 3.42. The van der Waals surface area contributed by atoms with Crippen molar-refractivity contribution in [2.75, 3.05) is 6.61 Å². The van der Waals surface area contributed by atoms with E-state index in [0.29, 0.717) is 18.1 Å². The molecule has 0 bridgehead atoms. The molecule has 0 amide bonds. The molecule has 0 spiro atoms. The molecule has 4 nitrogen and oxygen atoms in total. The maximum Gasteiger partial charge on any atom is 0.296 e. The summed E-state index contributed by atoms with van der Waals surface area (Å²) in [4.78, 5) is 0.229. The van der Waals surface area contributed by atoms with Crippen molar-refractivity contribution in [3.63, 3.8) is 0 Å². The van der Waals surface area contributed by atoms with Crippen LogP contribution >= 0.6 is 0 Å². The Morgan fingerprint density at radius 2 is 1.83 bits per heavy atom. The smallest absolute Gasteiger partial charge is 0.296 e. The number of ether oxygens (including phenoxy) is 1. The molecule has 1 unspecified atom stereocenters. The van der Waals surface area contributed by atoms with E-state index in [2.05, 4.69) is 0 Å². The van der Waals surface area contributed by atoms with E-state index < -0.39 is 10.1 Å². The van der Waals surface area contributed by atoms with Gasteiger partial charge in [0, 0.05) is 0 Å². The molecular weight excluding hydrogens is 252 g/mol. The van der Waals surface area contributed by atoms with Crippen LogP contribution in [0.5, 0.6) is 0 Å². The molecule has 1 aliphatic heterocycles. The van der Waals surface area contributed by atoms with E-state index in [1.807, 2.05) is 6.92 Å². The standard InChI is InChI=1S/C13H16O4S/c1-9-2-4-11(5-3-9)18(14,15)16-8-10-6-12-13(7-10)17-12/h2-5,10,12-13H,6-8H2,1H3/t10?,12-,13+. The van der Waals surface area contributed by atoms with Gasteiger partial charge in [0.1, 0.15) is 0 Å². The molecule has 1 saturated heterocycles. The minimum atomic E-state index is -3.61. The molecule has 2 aliphatic rings. The topological polar surface area (TPSA) is 55.9 Å².